The molecule has 1 aromatic carbocycles. The van der Waals surface area contributed by atoms with Gasteiger partial charge in [0.05, 0.1) is 0 Å². The molecule has 2 nitrogen and oxygen atoms in total. The Bertz CT molecular complexity index is 443. The number of hydrogen-bond acceptors (Lipinski definition) is 2. The van der Waals surface area contributed by atoms with Crippen LogP contribution in [0.25, 0.3) is 0 Å². The summed E-state index contributed by atoms with van der Waals surface area (Å²) in [6.45, 7) is 1.64. The zero-order valence-corrected chi connectivity index (χ0v) is 13.0. The minimum absolute atomic E-state index is 0.783. The number of hydrogen-bond donors (Lipinski definition) is 0. The molecule has 0 amide bonds. The molecule has 92 valence electrons. The van der Waals surface area contributed by atoms with E-state index in [4.69, 9.17) is 4.74 Å². The predicted molar refractivity (Wildman–Crippen MR) is 78.1 cm³/mol. The van der Waals surface area contributed by atoms with Gasteiger partial charge in [-0.3, -0.25) is 4.99 Å². The molecule has 0 fully saturated rings. The van der Waals surface area contributed by atoms with Crippen LogP contribution in [0.1, 0.15) is 24.0 Å². The highest BCUT2D eigenvalue weighted by Gasteiger charge is 2.20. The Morgan fingerprint density at radius 1 is 1.29 bits per heavy atom. The summed E-state index contributed by atoms with van der Waals surface area (Å²) in [7, 11) is 1.73. The molecule has 0 spiro atoms. The van der Waals surface area contributed by atoms with Crippen LogP contribution in [0.4, 0.5) is 0 Å². The largest absolute Gasteiger partial charge is 0.385 e. The van der Waals surface area contributed by atoms with Crippen molar-refractivity contribution < 1.29 is 4.74 Å². The lowest BCUT2D eigenvalue weighted by molar-refractivity contribution is 0.197. The Labute approximate surface area is 119 Å². The molecule has 0 heterocycles. The molecule has 0 aliphatic heterocycles. The average molecular weight is 361 g/mol. The molecule has 1 aliphatic rings. The third-order valence-corrected chi connectivity index (χ3v) is 3.95. The molecule has 4 heteroatoms. The normalized spacial score (nSPS) is 16.5. The number of halogens is 2. The Hall–Kier alpha value is -0.190. The lowest BCUT2D eigenvalue weighted by atomic mass is 10.1. The van der Waals surface area contributed by atoms with Gasteiger partial charge in [-0.2, -0.15) is 0 Å². The van der Waals surface area contributed by atoms with E-state index >= 15 is 0 Å². The molecule has 1 aliphatic carbocycles. The smallest absolute Gasteiger partial charge is 0.0479 e. The maximum atomic E-state index is 5.03. The third-order valence-electron chi connectivity index (χ3n) is 2.87. The van der Waals surface area contributed by atoms with E-state index in [-0.39, 0.29) is 0 Å². The van der Waals surface area contributed by atoms with E-state index < -0.39 is 0 Å². The maximum absolute atomic E-state index is 5.03. The molecule has 17 heavy (non-hydrogen) atoms. The highest BCUT2D eigenvalue weighted by Crippen LogP contribution is 2.32. The average Bonchev–Trinajstić information content (AvgIpc) is 2.68. The molecule has 0 saturated heterocycles. The van der Waals surface area contributed by atoms with Gasteiger partial charge in [-0.25, -0.2) is 0 Å². The lowest BCUT2D eigenvalue weighted by Crippen LogP contribution is -1.99. The summed E-state index contributed by atoms with van der Waals surface area (Å²) in [4.78, 5) is 4.68. The SMILES string of the molecule is COCCCN=C1CCc2cc(Br)cc(Br)c21. The third kappa shape index (κ3) is 3.18. The molecule has 0 bridgehead atoms. The number of methoxy groups -OCH3 is 1. The highest BCUT2D eigenvalue weighted by molar-refractivity contribution is 9.11. The second-order valence-corrected chi connectivity index (χ2v) is 5.87. The van der Waals surface area contributed by atoms with E-state index in [1.807, 2.05) is 0 Å². The molecule has 0 radical (unpaired) electrons. The number of aryl methyl sites for hydroxylation is 1. The summed E-state index contributed by atoms with van der Waals surface area (Å²) in [5, 5.41) is 0. The fourth-order valence-corrected chi connectivity index (χ4v) is 3.65. The first-order valence-corrected chi connectivity index (χ1v) is 7.31. The molecule has 1 aromatic rings. The van der Waals surface area contributed by atoms with Crippen molar-refractivity contribution >= 4 is 37.6 Å². The number of aliphatic imine (C=N–C) groups is 1. The Morgan fingerprint density at radius 2 is 2.12 bits per heavy atom. The van der Waals surface area contributed by atoms with Crippen molar-refractivity contribution in [1.82, 2.24) is 0 Å². The molecular weight excluding hydrogens is 346 g/mol. The Kier molecular flexibility index (Phi) is 4.77. The van der Waals surface area contributed by atoms with Gasteiger partial charge in [0.15, 0.2) is 0 Å². The quantitative estimate of drug-likeness (QED) is 0.744. The van der Waals surface area contributed by atoms with E-state index in [1.54, 1.807) is 7.11 Å². The highest BCUT2D eigenvalue weighted by atomic mass is 79.9. The van der Waals surface area contributed by atoms with Crippen LogP contribution in [0.3, 0.4) is 0 Å². The lowest BCUT2D eigenvalue weighted by Gasteiger charge is -2.05. The van der Waals surface area contributed by atoms with Crippen LogP contribution in [0, 0.1) is 0 Å². The molecule has 0 aromatic heterocycles. The first-order valence-electron chi connectivity index (χ1n) is 5.73. The van der Waals surface area contributed by atoms with Gasteiger partial charge in [0.25, 0.3) is 0 Å². The number of benzene rings is 1. The molecule has 2 rings (SSSR count). The van der Waals surface area contributed by atoms with Gasteiger partial charge >= 0.3 is 0 Å². The second kappa shape index (κ2) is 6.12. The van der Waals surface area contributed by atoms with Gasteiger partial charge in [-0.05, 0) is 37.0 Å². The van der Waals surface area contributed by atoms with Gasteiger partial charge < -0.3 is 4.74 Å². The van der Waals surface area contributed by atoms with Crippen molar-refractivity contribution in [3.63, 3.8) is 0 Å². The summed E-state index contributed by atoms with van der Waals surface area (Å²) in [6.07, 6.45) is 3.14. The van der Waals surface area contributed by atoms with Crippen LogP contribution in [0.5, 0.6) is 0 Å². The number of rotatable bonds is 4. The summed E-state index contributed by atoms with van der Waals surface area (Å²) in [6, 6.07) is 4.28. The van der Waals surface area contributed by atoms with Crippen molar-refractivity contribution in [1.29, 1.82) is 0 Å². The molecule has 0 saturated carbocycles. The Morgan fingerprint density at radius 3 is 2.88 bits per heavy atom. The van der Waals surface area contributed by atoms with Crippen LogP contribution in [-0.4, -0.2) is 26.0 Å². The van der Waals surface area contributed by atoms with Gasteiger partial charge in [0.2, 0.25) is 0 Å². The van der Waals surface area contributed by atoms with Crippen molar-refractivity contribution in [3.05, 3.63) is 32.2 Å². The van der Waals surface area contributed by atoms with Crippen LogP contribution < -0.4 is 0 Å². The molecule has 0 unspecified atom stereocenters. The first-order chi connectivity index (χ1) is 8.22. The predicted octanol–water partition coefficient (Wildman–Crippen LogP) is 3.98. The van der Waals surface area contributed by atoms with E-state index in [1.165, 1.54) is 16.8 Å². The number of nitrogens with zero attached hydrogens (tertiary/aromatic N) is 1. The first kappa shape index (κ1) is 13.2. The van der Waals surface area contributed by atoms with E-state index in [9.17, 15) is 0 Å². The minimum Gasteiger partial charge on any atom is -0.385 e. The fraction of sp³-hybridized carbons (Fsp3) is 0.462. The van der Waals surface area contributed by atoms with Crippen LogP contribution in [0.2, 0.25) is 0 Å². The fourth-order valence-electron chi connectivity index (χ4n) is 2.11. The van der Waals surface area contributed by atoms with Crippen LogP contribution >= 0.6 is 31.9 Å². The Balaban J connectivity index is 2.16. The summed E-state index contributed by atoms with van der Waals surface area (Å²) < 4.78 is 7.30. The second-order valence-electron chi connectivity index (χ2n) is 4.10. The van der Waals surface area contributed by atoms with E-state index in [0.717, 1.165) is 41.4 Å². The van der Waals surface area contributed by atoms with Gasteiger partial charge in [-0.15, -0.1) is 0 Å². The standard InChI is InChI=1S/C13H15Br2NO/c1-17-6-2-5-16-12-4-3-9-7-10(14)8-11(15)13(9)12/h7-8H,2-6H2,1H3. The van der Waals surface area contributed by atoms with Crippen LogP contribution in [0.15, 0.2) is 26.1 Å². The van der Waals surface area contributed by atoms with Gasteiger partial charge in [-0.1, -0.05) is 31.9 Å². The minimum atomic E-state index is 0.783. The van der Waals surface area contributed by atoms with E-state index in [0.29, 0.717) is 0 Å². The van der Waals surface area contributed by atoms with Crippen molar-refractivity contribution in [2.75, 3.05) is 20.3 Å². The van der Waals surface area contributed by atoms with Crippen LogP contribution in [-0.2, 0) is 11.2 Å². The maximum Gasteiger partial charge on any atom is 0.0479 e. The topological polar surface area (TPSA) is 21.6 Å². The number of fused-ring (bicyclic) bond motifs is 1. The molecular formula is C13H15Br2NO. The zero-order valence-electron chi connectivity index (χ0n) is 9.80. The monoisotopic (exact) mass is 359 g/mol. The zero-order chi connectivity index (χ0) is 12.3. The van der Waals surface area contributed by atoms with E-state index in [2.05, 4.69) is 49.0 Å². The molecule has 0 N–H and O–H groups in total. The van der Waals surface area contributed by atoms with Gasteiger partial charge in [0.1, 0.15) is 0 Å². The molecule has 0 atom stereocenters. The summed E-state index contributed by atoms with van der Waals surface area (Å²) in [5.41, 5.74) is 3.91. The number of ether oxygens (including phenoxy) is 1. The van der Waals surface area contributed by atoms with Crippen molar-refractivity contribution in [3.8, 4) is 0 Å². The summed E-state index contributed by atoms with van der Waals surface area (Å²) in [5.74, 6) is 0. The van der Waals surface area contributed by atoms with Crippen molar-refractivity contribution in [2.45, 2.75) is 19.3 Å². The van der Waals surface area contributed by atoms with Gasteiger partial charge in [0, 0.05) is 40.5 Å². The summed E-state index contributed by atoms with van der Waals surface area (Å²) >= 11 is 7.15. The van der Waals surface area contributed by atoms with Crippen molar-refractivity contribution in [2.24, 2.45) is 4.99 Å².